The van der Waals surface area contributed by atoms with E-state index in [9.17, 15) is 15.0 Å². The zero-order chi connectivity index (χ0) is 10.6. The van der Waals surface area contributed by atoms with Crippen LogP contribution in [-0.2, 0) is 9.53 Å². The Morgan fingerprint density at radius 1 is 1.36 bits per heavy atom. The Morgan fingerprint density at radius 2 is 2.07 bits per heavy atom. The van der Waals surface area contributed by atoms with Crippen molar-refractivity contribution in [3.05, 3.63) is 24.3 Å². The second-order valence-electron chi connectivity index (χ2n) is 3.29. The van der Waals surface area contributed by atoms with Crippen LogP contribution < -0.4 is 0 Å². The molecule has 0 aromatic rings. The van der Waals surface area contributed by atoms with Gasteiger partial charge in [-0.05, 0) is 13.0 Å². The molecule has 0 aliphatic carbocycles. The van der Waals surface area contributed by atoms with Crippen LogP contribution in [0, 0.1) is 0 Å². The Bertz CT molecular complexity index is 257. The van der Waals surface area contributed by atoms with E-state index in [1.165, 1.54) is 24.3 Å². The molecule has 0 spiro atoms. The summed E-state index contributed by atoms with van der Waals surface area (Å²) < 4.78 is 4.91. The molecule has 1 unspecified atom stereocenters. The highest BCUT2D eigenvalue weighted by Gasteiger charge is 2.12. The number of carbonyl (C=O) groups is 1. The fourth-order valence-corrected chi connectivity index (χ4v) is 1.19. The molecule has 0 aromatic carbocycles. The maximum Gasteiger partial charge on any atom is 0.330 e. The number of rotatable bonds is 0. The van der Waals surface area contributed by atoms with E-state index in [2.05, 4.69) is 0 Å². The van der Waals surface area contributed by atoms with Gasteiger partial charge >= 0.3 is 5.97 Å². The molecule has 3 atom stereocenters. The molecule has 14 heavy (non-hydrogen) atoms. The third kappa shape index (κ3) is 3.72. The van der Waals surface area contributed by atoms with Crippen LogP contribution in [0.1, 0.15) is 13.3 Å². The smallest absolute Gasteiger partial charge is 0.330 e. The second kappa shape index (κ2) is 4.93. The summed E-state index contributed by atoms with van der Waals surface area (Å²) in [5.41, 5.74) is 0. The summed E-state index contributed by atoms with van der Waals surface area (Å²) in [6.07, 6.45) is 3.87. The van der Waals surface area contributed by atoms with E-state index in [1.807, 2.05) is 0 Å². The van der Waals surface area contributed by atoms with Gasteiger partial charge < -0.3 is 14.9 Å². The summed E-state index contributed by atoms with van der Waals surface area (Å²) >= 11 is 0. The van der Waals surface area contributed by atoms with Crippen molar-refractivity contribution in [3.63, 3.8) is 0 Å². The second-order valence-corrected chi connectivity index (χ2v) is 3.29. The van der Waals surface area contributed by atoms with Crippen LogP contribution in [0.5, 0.6) is 0 Å². The molecule has 0 bridgehead atoms. The molecule has 0 saturated heterocycles. The predicted molar refractivity (Wildman–Crippen MR) is 50.5 cm³/mol. The minimum Gasteiger partial charge on any atom is -0.459 e. The quantitative estimate of drug-likeness (QED) is 0.429. The maximum atomic E-state index is 11.0. The van der Waals surface area contributed by atoms with Crippen LogP contribution in [0.25, 0.3) is 0 Å². The lowest BCUT2D eigenvalue weighted by molar-refractivity contribution is -0.143. The molecule has 0 amide bonds. The molecule has 0 saturated carbocycles. The summed E-state index contributed by atoms with van der Waals surface area (Å²) in [5, 5.41) is 18.6. The summed E-state index contributed by atoms with van der Waals surface area (Å²) in [7, 11) is 0. The molecule has 0 aromatic heterocycles. The Morgan fingerprint density at radius 3 is 2.79 bits per heavy atom. The number of carbonyl (C=O) groups excluding carboxylic acids is 1. The third-order valence-corrected chi connectivity index (χ3v) is 1.85. The van der Waals surface area contributed by atoms with E-state index in [4.69, 9.17) is 4.74 Å². The van der Waals surface area contributed by atoms with E-state index in [0.717, 1.165) is 0 Å². The van der Waals surface area contributed by atoms with Gasteiger partial charge in [-0.2, -0.15) is 0 Å². The first-order valence-corrected chi connectivity index (χ1v) is 4.51. The van der Waals surface area contributed by atoms with Crippen molar-refractivity contribution in [3.8, 4) is 0 Å². The average Bonchev–Trinajstić information content (AvgIpc) is 2.10. The van der Waals surface area contributed by atoms with E-state index in [1.54, 1.807) is 6.92 Å². The number of cyclic esters (lactones) is 1. The number of aliphatic hydroxyl groups is 2. The minimum absolute atomic E-state index is 0.331. The SMILES string of the molecule is C[C@@H]1C[C@H](O)/C=C/C(O)/C=C\C(=O)O1. The molecular formula is C10H14O4. The van der Waals surface area contributed by atoms with Crippen LogP contribution in [0.2, 0.25) is 0 Å². The Hall–Kier alpha value is -1.13. The van der Waals surface area contributed by atoms with Gasteiger partial charge in [0.2, 0.25) is 0 Å². The molecule has 1 rings (SSSR count). The Labute approximate surface area is 82.5 Å². The fourth-order valence-electron chi connectivity index (χ4n) is 1.19. The van der Waals surface area contributed by atoms with Crippen LogP contribution in [0.4, 0.5) is 0 Å². The van der Waals surface area contributed by atoms with Gasteiger partial charge in [-0.25, -0.2) is 4.79 Å². The van der Waals surface area contributed by atoms with Crippen molar-refractivity contribution in [2.24, 2.45) is 0 Å². The molecule has 4 nitrogen and oxygen atoms in total. The lowest BCUT2D eigenvalue weighted by Gasteiger charge is -2.15. The first-order valence-electron chi connectivity index (χ1n) is 4.51. The topological polar surface area (TPSA) is 66.8 Å². The summed E-state index contributed by atoms with van der Waals surface area (Å²) in [5.74, 6) is -0.501. The van der Waals surface area contributed by atoms with Crippen LogP contribution in [0.15, 0.2) is 24.3 Å². The van der Waals surface area contributed by atoms with E-state index in [0.29, 0.717) is 6.42 Å². The minimum atomic E-state index is -0.856. The van der Waals surface area contributed by atoms with E-state index < -0.39 is 18.2 Å². The maximum absolute atomic E-state index is 11.0. The van der Waals surface area contributed by atoms with Gasteiger partial charge in [-0.3, -0.25) is 0 Å². The summed E-state index contributed by atoms with van der Waals surface area (Å²) in [4.78, 5) is 11.0. The summed E-state index contributed by atoms with van der Waals surface area (Å²) in [6, 6.07) is 0. The molecule has 1 aliphatic rings. The fraction of sp³-hybridized carbons (Fsp3) is 0.500. The number of hydrogen-bond donors (Lipinski definition) is 2. The van der Waals surface area contributed by atoms with Gasteiger partial charge in [0, 0.05) is 12.5 Å². The number of hydrogen-bond acceptors (Lipinski definition) is 4. The van der Waals surface area contributed by atoms with E-state index in [-0.39, 0.29) is 6.10 Å². The highest BCUT2D eigenvalue weighted by Crippen LogP contribution is 2.07. The predicted octanol–water partition coefficient (Wildman–Crippen LogP) is 0.156. The van der Waals surface area contributed by atoms with Crippen molar-refractivity contribution in [2.45, 2.75) is 31.7 Å². The largest absolute Gasteiger partial charge is 0.459 e. The van der Waals surface area contributed by atoms with Crippen molar-refractivity contribution < 1.29 is 19.7 Å². The van der Waals surface area contributed by atoms with Gasteiger partial charge in [0.15, 0.2) is 0 Å². The van der Waals surface area contributed by atoms with Gasteiger partial charge in [0.25, 0.3) is 0 Å². The zero-order valence-corrected chi connectivity index (χ0v) is 7.96. The van der Waals surface area contributed by atoms with Gasteiger partial charge in [-0.15, -0.1) is 0 Å². The van der Waals surface area contributed by atoms with Crippen molar-refractivity contribution >= 4 is 5.97 Å². The zero-order valence-electron chi connectivity index (χ0n) is 7.96. The van der Waals surface area contributed by atoms with E-state index >= 15 is 0 Å². The van der Waals surface area contributed by atoms with Gasteiger partial charge in [-0.1, -0.05) is 12.2 Å². The van der Waals surface area contributed by atoms with Crippen LogP contribution in [-0.4, -0.2) is 34.5 Å². The number of aliphatic hydroxyl groups excluding tert-OH is 2. The average molecular weight is 198 g/mol. The van der Waals surface area contributed by atoms with Crippen LogP contribution >= 0.6 is 0 Å². The van der Waals surface area contributed by atoms with Crippen molar-refractivity contribution in [1.82, 2.24) is 0 Å². The summed E-state index contributed by atoms with van der Waals surface area (Å²) in [6.45, 7) is 1.71. The normalized spacial score (nSPS) is 38.5. The molecule has 0 fully saturated rings. The van der Waals surface area contributed by atoms with Crippen molar-refractivity contribution in [1.29, 1.82) is 0 Å². The molecular weight excluding hydrogens is 184 g/mol. The molecule has 4 heteroatoms. The van der Waals surface area contributed by atoms with Gasteiger partial charge in [0.05, 0.1) is 12.2 Å². The first-order chi connectivity index (χ1) is 6.58. The molecule has 78 valence electrons. The van der Waals surface area contributed by atoms with Crippen molar-refractivity contribution in [2.75, 3.05) is 0 Å². The monoisotopic (exact) mass is 198 g/mol. The number of ether oxygens (including phenoxy) is 1. The first kappa shape index (κ1) is 10.9. The highest BCUT2D eigenvalue weighted by atomic mass is 16.5. The van der Waals surface area contributed by atoms with Gasteiger partial charge in [0.1, 0.15) is 6.10 Å². The standard InChI is InChI=1S/C10H14O4/c1-7-6-9(12)3-2-8(11)4-5-10(13)14-7/h2-5,7-9,11-12H,6H2,1H3/b3-2+,5-4-/t7-,8?,9-/m1/s1. The molecule has 1 heterocycles. The highest BCUT2D eigenvalue weighted by molar-refractivity contribution is 5.82. The Kier molecular flexibility index (Phi) is 3.85. The lowest BCUT2D eigenvalue weighted by Crippen LogP contribution is -2.20. The molecule has 1 aliphatic heterocycles. The Balaban J connectivity index is 2.72. The third-order valence-electron chi connectivity index (χ3n) is 1.85. The lowest BCUT2D eigenvalue weighted by atomic mass is 10.1. The van der Waals surface area contributed by atoms with Crippen LogP contribution in [0.3, 0.4) is 0 Å². The molecule has 0 radical (unpaired) electrons. The molecule has 2 N–H and O–H groups in total. The number of esters is 1.